The first-order valence-electron chi connectivity index (χ1n) is 8.65. The highest BCUT2D eigenvalue weighted by Gasteiger charge is 2.11. The van der Waals surface area contributed by atoms with E-state index in [4.69, 9.17) is 9.15 Å². The predicted octanol–water partition coefficient (Wildman–Crippen LogP) is 4.12. The number of benzene rings is 2. The third kappa shape index (κ3) is 4.81. The van der Waals surface area contributed by atoms with Gasteiger partial charge in [0, 0.05) is 5.56 Å². The van der Waals surface area contributed by atoms with E-state index in [1.807, 2.05) is 0 Å². The zero-order valence-corrected chi connectivity index (χ0v) is 15.8. The van der Waals surface area contributed by atoms with Crippen LogP contribution in [-0.4, -0.2) is 30.4 Å². The first-order chi connectivity index (χ1) is 14.0. The summed E-state index contributed by atoms with van der Waals surface area (Å²) in [6, 6.07) is 14.9. The summed E-state index contributed by atoms with van der Waals surface area (Å²) in [6.07, 6.45) is 1.34. The van der Waals surface area contributed by atoms with Gasteiger partial charge in [0.15, 0.2) is 0 Å². The van der Waals surface area contributed by atoms with Crippen molar-refractivity contribution in [3.05, 3.63) is 71.5 Å². The van der Waals surface area contributed by atoms with E-state index in [-0.39, 0.29) is 5.56 Å². The summed E-state index contributed by atoms with van der Waals surface area (Å²) in [4.78, 5) is 23.2. The number of methoxy groups -OCH3 is 1. The molecule has 148 valence electrons. The summed E-state index contributed by atoms with van der Waals surface area (Å²) in [5.41, 5.74) is 4.36. The normalized spacial score (nSPS) is 10.7. The number of hydrazone groups is 1. The lowest BCUT2D eigenvalue weighted by atomic mass is 10.0. The lowest BCUT2D eigenvalue weighted by Crippen LogP contribution is -2.24. The van der Waals surface area contributed by atoms with E-state index in [0.29, 0.717) is 34.1 Å². The van der Waals surface area contributed by atoms with Crippen LogP contribution in [-0.2, 0) is 0 Å². The summed E-state index contributed by atoms with van der Waals surface area (Å²) in [5.74, 6) is 0.423. The van der Waals surface area contributed by atoms with Crippen molar-refractivity contribution in [2.45, 2.75) is 6.92 Å². The van der Waals surface area contributed by atoms with Crippen LogP contribution < -0.4 is 15.5 Å². The van der Waals surface area contributed by atoms with Crippen molar-refractivity contribution in [3.8, 4) is 17.1 Å². The van der Waals surface area contributed by atoms with Crippen molar-refractivity contribution < 1.29 is 23.8 Å². The summed E-state index contributed by atoms with van der Waals surface area (Å²) < 4.78 is 10.8. The number of aryl methyl sites for hydroxylation is 1. The third-order valence-corrected chi connectivity index (χ3v) is 4.09. The van der Waals surface area contributed by atoms with Crippen LogP contribution in [0.15, 0.2) is 64.1 Å². The molecule has 3 aromatic rings. The van der Waals surface area contributed by atoms with Crippen LogP contribution in [0.1, 0.15) is 21.7 Å². The molecule has 3 N–H and O–H groups in total. The molecular weight excluding hydrogens is 374 g/mol. The molecule has 0 atom stereocenters. The maximum Gasteiger partial charge on any atom is 0.339 e. The number of aromatic carboxylic acids is 1. The smallest absolute Gasteiger partial charge is 0.339 e. The number of rotatable bonds is 6. The molecular formula is C21H19N3O5. The molecule has 0 fully saturated rings. The fourth-order valence-corrected chi connectivity index (χ4v) is 2.64. The molecule has 1 heterocycles. The number of carboxylic acids is 1. The van der Waals surface area contributed by atoms with Gasteiger partial charge in [0.25, 0.3) is 0 Å². The SMILES string of the molecule is COc1ccccc1NC(=O)N/N=C\c1ccc(-c2ccc(C)c(C(=O)O)c2)o1. The number of amides is 2. The second kappa shape index (κ2) is 8.75. The molecule has 3 rings (SSSR count). The van der Waals surface area contributed by atoms with Gasteiger partial charge in [-0.1, -0.05) is 24.3 Å². The molecule has 0 saturated carbocycles. The van der Waals surface area contributed by atoms with Gasteiger partial charge >= 0.3 is 12.0 Å². The number of hydrogen-bond donors (Lipinski definition) is 3. The highest BCUT2D eigenvalue weighted by Crippen LogP contribution is 2.24. The molecule has 0 unspecified atom stereocenters. The molecule has 8 nitrogen and oxygen atoms in total. The number of anilines is 1. The van der Waals surface area contributed by atoms with Crippen molar-refractivity contribution in [2.24, 2.45) is 5.10 Å². The third-order valence-electron chi connectivity index (χ3n) is 4.09. The molecule has 29 heavy (non-hydrogen) atoms. The average molecular weight is 393 g/mol. The topological polar surface area (TPSA) is 113 Å². The number of hydrogen-bond acceptors (Lipinski definition) is 5. The minimum atomic E-state index is -0.997. The van der Waals surface area contributed by atoms with E-state index in [1.165, 1.54) is 13.3 Å². The number of ether oxygens (including phenoxy) is 1. The Morgan fingerprint density at radius 2 is 1.93 bits per heavy atom. The van der Waals surface area contributed by atoms with Gasteiger partial charge in [0.2, 0.25) is 0 Å². The number of carbonyl (C=O) groups is 2. The van der Waals surface area contributed by atoms with Crippen LogP contribution in [0.5, 0.6) is 5.75 Å². The minimum absolute atomic E-state index is 0.212. The summed E-state index contributed by atoms with van der Waals surface area (Å²) in [7, 11) is 1.51. The van der Waals surface area contributed by atoms with E-state index in [0.717, 1.165) is 0 Å². The second-order valence-corrected chi connectivity index (χ2v) is 6.06. The second-order valence-electron chi connectivity index (χ2n) is 6.06. The standard InChI is InChI=1S/C21H19N3O5/c1-13-7-8-14(11-16(13)20(25)26)18-10-9-15(29-18)12-22-24-21(27)23-17-5-3-4-6-19(17)28-2/h3-12H,1-2H3,(H,25,26)(H2,23,24,27)/b22-12-. The molecule has 8 heteroatoms. The van der Waals surface area contributed by atoms with E-state index >= 15 is 0 Å². The Kier molecular flexibility index (Phi) is 5.94. The van der Waals surface area contributed by atoms with Gasteiger partial charge < -0.3 is 19.6 Å². The number of carboxylic acid groups (broad SMARTS) is 1. The van der Waals surface area contributed by atoms with Gasteiger partial charge in [0.1, 0.15) is 17.3 Å². The number of para-hydroxylation sites is 2. The Balaban J connectivity index is 1.64. The molecule has 0 radical (unpaired) electrons. The average Bonchev–Trinajstić information content (AvgIpc) is 3.17. The number of urea groups is 1. The van der Waals surface area contributed by atoms with Crippen molar-refractivity contribution in [3.63, 3.8) is 0 Å². The van der Waals surface area contributed by atoms with Crippen LogP contribution in [0.2, 0.25) is 0 Å². The van der Waals surface area contributed by atoms with E-state index in [1.54, 1.807) is 61.5 Å². The molecule has 0 spiro atoms. The minimum Gasteiger partial charge on any atom is -0.495 e. The fourth-order valence-electron chi connectivity index (χ4n) is 2.64. The van der Waals surface area contributed by atoms with Crippen molar-refractivity contribution >= 4 is 23.9 Å². The molecule has 1 aromatic heterocycles. The zero-order chi connectivity index (χ0) is 20.8. The summed E-state index contributed by atoms with van der Waals surface area (Å²) in [6.45, 7) is 1.73. The number of carbonyl (C=O) groups excluding carboxylic acids is 1. The molecule has 0 aliphatic rings. The van der Waals surface area contributed by atoms with Gasteiger partial charge in [-0.05, 0) is 42.8 Å². The number of nitrogens with zero attached hydrogens (tertiary/aromatic N) is 1. The summed E-state index contributed by atoms with van der Waals surface area (Å²) in [5, 5.41) is 15.7. The number of furan rings is 1. The Labute approximate surface area is 166 Å². The fraction of sp³-hybridized carbons (Fsp3) is 0.0952. The quantitative estimate of drug-likeness (QED) is 0.431. The lowest BCUT2D eigenvalue weighted by Gasteiger charge is -2.08. The Morgan fingerprint density at radius 3 is 2.69 bits per heavy atom. The monoisotopic (exact) mass is 393 g/mol. The van der Waals surface area contributed by atoms with Crippen LogP contribution in [0.3, 0.4) is 0 Å². The molecule has 0 saturated heterocycles. The number of nitrogens with one attached hydrogen (secondary N) is 2. The Morgan fingerprint density at radius 1 is 1.14 bits per heavy atom. The largest absolute Gasteiger partial charge is 0.495 e. The van der Waals surface area contributed by atoms with Gasteiger partial charge in [-0.25, -0.2) is 15.0 Å². The highest BCUT2D eigenvalue weighted by molar-refractivity contribution is 5.92. The summed E-state index contributed by atoms with van der Waals surface area (Å²) >= 11 is 0. The van der Waals surface area contributed by atoms with E-state index < -0.39 is 12.0 Å². The molecule has 2 aromatic carbocycles. The van der Waals surface area contributed by atoms with E-state index in [9.17, 15) is 14.7 Å². The van der Waals surface area contributed by atoms with Gasteiger partial charge in [-0.2, -0.15) is 5.10 Å². The first-order valence-corrected chi connectivity index (χ1v) is 8.65. The van der Waals surface area contributed by atoms with Gasteiger partial charge in [-0.15, -0.1) is 0 Å². The molecule has 0 aliphatic carbocycles. The first kappa shape index (κ1) is 19.7. The highest BCUT2D eigenvalue weighted by atomic mass is 16.5. The zero-order valence-electron chi connectivity index (χ0n) is 15.8. The van der Waals surface area contributed by atoms with Crippen LogP contribution in [0.4, 0.5) is 10.5 Å². The Bertz CT molecular complexity index is 1070. The Hall–Kier alpha value is -4.07. The van der Waals surface area contributed by atoms with Gasteiger partial charge in [-0.3, -0.25) is 0 Å². The molecule has 2 amide bonds. The van der Waals surface area contributed by atoms with Crippen LogP contribution in [0, 0.1) is 6.92 Å². The van der Waals surface area contributed by atoms with Crippen molar-refractivity contribution in [1.29, 1.82) is 0 Å². The predicted molar refractivity (Wildman–Crippen MR) is 109 cm³/mol. The van der Waals surface area contributed by atoms with Crippen molar-refractivity contribution in [1.82, 2.24) is 5.43 Å². The molecule has 0 aliphatic heterocycles. The molecule has 0 bridgehead atoms. The van der Waals surface area contributed by atoms with Crippen LogP contribution in [0.25, 0.3) is 11.3 Å². The maximum absolute atomic E-state index is 12.0. The lowest BCUT2D eigenvalue weighted by molar-refractivity contribution is 0.0696. The van der Waals surface area contributed by atoms with Crippen molar-refractivity contribution in [2.75, 3.05) is 12.4 Å². The maximum atomic E-state index is 12.0. The van der Waals surface area contributed by atoms with Gasteiger partial charge in [0.05, 0.1) is 24.6 Å². The van der Waals surface area contributed by atoms with Crippen LogP contribution >= 0.6 is 0 Å². The van der Waals surface area contributed by atoms with E-state index in [2.05, 4.69) is 15.8 Å².